The minimum Gasteiger partial charge on any atom is -0.550 e. The molecule has 136 valence electrons. The molecule has 2 atom stereocenters. The van der Waals surface area contributed by atoms with Crippen LogP contribution in [0.2, 0.25) is 0 Å². The molecule has 1 saturated heterocycles. The molecule has 1 heterocycles. The summed E-state index contributed by atoms with van der Waals surface area (Å²) in [5.41, 5.74) is 1.35. The SMILES string of the molecule is COc1ccc([C@@H]2[C@@H](C(=O)[O-])CCC(=O)N2c2ccc(OC)cc2)cc1. The lowest BCUT2D eigenvalue weighted by Gasteiger charge is -2.42. The van der Waals surface area contributed by atoms with Crippen molar-refractivity contribution in [1.82, 2.24) is 0 Å². The van der Waals surface area contributed by atoms with Crippen molar-refractivity contribution in [2.45, 2.75) is 18.9 Å². The summed E-state index contributed by atoms with van der Waals surface area (Å²) in [6.07, 6.45) is 0.418. The summed E-state index contributed by atoms with van der Waals surface area (Å²) in [6, 6.07) is 13.5. The van der Waals surface area contributed by atoms with Crippen molar-refractivity contribution in [2.75, 3.05) is 19.1 Å². The largest absolute Gasteiger partial charge is 0.550 e. The predicted octanol–water partition coefficient (Wildman–Crippen LogP) is 1.94. The van der Waals surface area contributed by atoms with Gasteiger partial charge in [0.25, 0.3) is 0 Å². The van der Waals surface area contributed by atoms with Crippen LogP contribution in [0.3, 0.4) is 0 Å². The Kier molecular flexibility index (Phi) is 5.11. The molecule has 0 aliphatic carbocycles. The second-order valence-electron chi connectivity index (χ2n) is 6.14. The Bertz CT molecular complexity index is 785. The van der Waals surface area contributed by atoms with Crippen LogP contribution in [0.15, 0.2) is 48.5 Å². The summed E-state index contributed by atoms with van der Waals surface area (Å²) in [6.45, 7) is 0. The molecule has 6 nitrogen and oxygen atoms in total. The fourth-order valence-corrected chi connectivity index (χ4v) is 3.37. The van der Waals surface area contributed by atoms with Gasteiger partial charge >= 0.3 is 0 Å². The van der Waals surface area contributed by atoms with Gasteiger partial charge in [-0.15, -0.1) is 0 Å². The third kappa shape index (κ3) is 3.35. The Morgan fingerprint density at radius 3 is 2.04 bits per heavy atom. The summed E-state index contributed by atoms with van der Waals surface area (Å²) in [5, 5.41) is 11.8. The number of anilines is 1. The van der Waals surface area contributed by atoms with E-state index in [4.69, 9.17) is 9.47 Å². The molecular weight excluding hydrogens is 334 g/mol. The average molecular weight is 354 g/mol. The van der Waals surface area contributed by atoms with Crippen LogP contribution in [0.5, 0.6) is 11.5 Å². The molecule has 0 radical (unpaired) electrons. The number of piperidine rings is 1. The van der Waals surface area contributed by atoms with Gasteiger partial charge in [-0.3, -0.25) is 4.79 Å². The number of carbonyl (C=O) groups excluding carboxylic acids is 2. The van der Waals surface area contributed by atoms with Crippen LogP contribution in [0.4, 0.5) is 5.69 Å². The lowest BCUT2D eigenvalue weighted by molar-refractivity contribution is -0.312. The van der Waals surface area contributed by atoms with E-state index in [0.717, 1.165) is 5.56 Å². The maximum atomic E-state index is 12.7. The molecule has 0 aromatic heterocycles. The van der Waals surface area contributed by atoms with Gasteiger partial charge in [0.2, 0.25) is 5.91 Å². The highest BCUT2D eigenvalue weighted by Gasteiger charge is 2.38. The van der Waals surface area contributed by atoms with Crippen molar-refractivity contribution >= 4 is 17.6 Å². The zero-order chi connectivity index (χ0) is 18.7. The number of rotatable bonds is 5. The van der Waals surface area contributed by atoms with Crippen molar-refractivity contribution in [1.29, 1.82) is 0 Å². The van der Waals surface area contributed by atoms with Crippen molar-refractivity contribution < 1.29 is 24.2 Å². The van der Waals surface area contributed by atoms with Crippen LogP contribution in [-0.2, 0) is 9.59 Å². The molecule has 0 saturated carbocycles. The number of benzene rings is 2. The minimum atomic E-state index is -1.16. The van der Waals surface area contributed by atoms with Crippen LogP contribution in [0, 0.1) is 5.92 Å². The number of carbonyl (C=O) groups is 2. The molecule has 2 aromatic rings. The molecule has 0 spiro atoms. The number of methoxy groups -OCH3 is 2. The summed E-state index contributed by atoms with van der Waals surface area (Å²) >= 11 is 0. The van der Waals surface area contributed by atoms with E-state index in [2.05, 4.69) is 0 Å². The summed E-state index contributed by atoms with van der Waals surface area (Å²) in [4.78, 5) is 26.0. The number of amides is 1. The minimum absolute atomic E-state index is 0.117. The van der Waals surface area contributed by atoms with Gasteiger partial charge in [0.15, 0.2) is 0 Å². The first-order valence-corrected chi connectivity index (χ1v) is 8.36. The van der Waals surface area contributed by atoms with Crippen LogP contribution in [-0.4, -0.2) is 26.1 Å². The monoisotopic (exact) mass is 354 g/mol. The second kappa shape index (κ2) is 7.47. The summed E-state index contributed by atoms with van der Waals surface area (Å²) < 4.78 is 10.3. The fourth-order valence-electron chi connectivity index (χ4n) is 3.37. The maximum Gasteiger partial charge on any atom is 0.227 e. The Balaban J connectivity index is 2.06. The topological polar surface area (TPSA) is 78.9 Å². The molecule has 0 bridgehead atoms. The molecule has 1 fully saturated rings. The third-order valence-electron chi connectivity index (χ3n) is 4.71. The second-order valence-corrected chi connectivity index (χ2v) is 6.14. The number of ether oxygens (including phenoxy) is 2. The van der Waals surface area contributed by atoms with E-state index in [1.165, 1.54) is 0 Å². The molecule has 3 rings (SSSR count). The standard InChI is InChI=1S/C20H21NO5/c1-25-15-7-3-13(4-8-15)19-17(20(23)24)11-12-18(22)21(19)14-5-9-16(26-2)10-6-14/h3-10,17,19H,11-12H2,1-2H3,(H,23,24)/p-1/t17-,19+/m0/s1. The van der Waals surface area contributed by atoms with Crippen molar-refractivity contribution in [3.63, 3.8) is 0 Å². The molecule has 1 amide bonds. The van der Waals surface area contributed by atoms with Gasteiger partial charge in [-0.1, -0.05) is 12.1 Å². The van der Waals surface area contributed by atoms with E-state index in [9.17, 15) is 14.7 Å². The zero-order valence-corrected chi connectivity index (χ0v) is 14.7. The van der Waals surface area contributed by atoms with E-state index < -0.39 is 17.9 Å². The number of carboxylic acids is 1. The van der Waals surface area contributed by atoms with E-state index in [0.29, 0.717) is 17.2 Å². The average Bonchev–Trinajstić information content (AvgIpc) is 2.67. The third-order valence-corrected chi connectivity index (χ3v) is 4.71. The number of aliphatic carboxylic acids is 1. The summed E-state index contributed by atoms with van der Waals surface area (Å²) in [7, 11) is 3.13. The zero-order valence-electron chi connectivity index (χ0n) is 14.7. The normalized spacial score (nSPS) is 19.9. The summed E-state index contributed by atoms with van der Waals surface area (Å²) in [5.74, 6) is -0.735. The van der Waals surface area contributed by atoms with E-state index in [-0.39, 0.29) is 18.7 Å². The molecule has 6 heteroatoms. The van der Waals surface area contributed by atoms with Gasteiger partial charge in [-0.05, 0) is 48.4 Å². The first-order valence-electron chi connectivity index (χ1n) is 8.36. The highest BCUT2D eigenvalue weighted by atomic mass is 16.5. The number of hydrogen-bond acceptors (Lipinski definition) is 5. The lowest BCUT2D eigenvalue weighted by atomic mass is 9.84. The maximum absolute atomic E-state index is 12.7. The van der Waals surface area contributed by atoms with Crippen LogP contribution < -0.4 is 19.5 Å². The quantitative estimate of drug-likeness (QED) is 0.820. The molecule has 1 aliphatic heterocycles. The van der Waals surface area contributed by atoms with Gasteiger partial charge in [0, 0.05) is 24.0 Å². The van der Waals surface area contributed by atoms with Gasteiger partial charge in [-0.2, -0.15) is 0 Å². The Morgan fingerprint density at radius 2 is 1.54 bits per heavy atom. The van der Waals surface area contributed by atoms with Crippen LogP contribution >= 0.6 is 0 Å². The van der Waals surface area contributed by atoms with Crippen molar-refractivity contribution in [3.8, 4) is 11.5 Å². The molecule has 2 aromatic carbocycles. The molecule has 0 N–H and O–H groups in total. The number of hydrogen-bond donors (Lipinski definition) is 0. The van der Waals surface area contributed by atoms with Crippen LogP contribution in [0.1, 0.15) is 24.4 Å². The molecule has 1 aliphatic rings. The molecule has 0 unspecified atom stereocenters. The van der Waals surface area contributed by atoms with Gasteiger partial charge in [0.05, 0.1) is 20.3 Å². The Labute approximate surface area is 152 Å². The molecular formula is C20H20NO5-. The first-order chi connectivity index (χ1) is 12.5. The van der Waals surface area contributed by atoms with Crippen LogP contribution in [0.25, 0.3) is 0 Å². The first kappa shape index (κ1) is 17.8. The fraction of sp³-hybridized carbons (Fsp3) is 0.300. The highest BCUT2D eigenvalue weighted by Crippen LogP contribution is 2.40. The number of nitrogens with zero attached hydrogens (tertiary/aromatic N) is 1. The van der Waals surface area contributed by atoms with Gasteiger partial charge in [-0.25, -0.2) is 0 Å². The Morgan fingerprint density at radius 1 is 1.00 bits per heavy atom. The van der Waals surface area contributed by atoms with E-state index >= 15 is 0 Å². The smallest absolute Gasteiger partial charge is 0.227 e. The Hall–Kier alpha value is -3.02. The van der Waals surface area contributed by atoms with Gasteiger partial charge in [0.1, 0.15) is 11.5 Å². The number of carboxylic acid groups (broad SMARTS) is 1. The van der Waals surface area contributed by atoms with Crippen molar-refractivity contribution in [2.24, 2.45) is 5.92 Å². The van der Waals surface area contributed by atoms with Crippen molar-refractivity contribution in [3.05, 3.63) is 54.1 Å². The highest BCUT2D eigenvalue weighted by molar-refractivity contribution is 5.96. The molecule has 26 heavy (non-hydrogen) atoms. The predicted molar refractivity (Wildman–Crippen MR) is 93.9 cm³/mol. The lowest BCUT2D eigenvalue weighted by Crippen LogP contribution is -2.49. The van der Waals surface area contributed by atoms with E-state index in [1.807, 2.05) is 0 Å². The van der Waals surface area contributed by atoms with E-state index in [1.54, 1.807) is 67.7 Å². The van der Waals surface area contributed by atoms with Gasteiger partial charge < -0.3 is 24.3 Å².